The Kier molecular flexibility index (Phi) is 4.73. The topological polar surface area (TPSA) is 74.7 Å². The van der Waals surface area contributed by atoms with E-state index in [1.54, 1.807) is 11.9 Å². The highest BCUT2D eigenvalue weighted by Crippen LogP contribution is 2.26. The third-order valence-electron chi connectivity index (χ3n) is 4.30. The van der Waals surface area contributed by atoms with Crippen LogP contribution in [0.25, 0.3) is 0 Å². The maximum atomic E-state index is 12.6. The summed E-state index contributed by atoms with van der Waals surface area (Å²) in [5, 5.41) is 3.32. The van der Waals surface area contributed by atoms with Gasteiger partial charge < -0.3 is 19.7 Å². The zero-order valence-electron chi connectivity index (χ0n) is 13.2. The van der Waals surface area contributed by atoms with Gasteiger partial charge in [-0.05, 0) is 18.9 Å². The summed E-state index contributed by atoms with van der Waals surface area (Å²) >= 11 is 11.9. The molecule has 0 spiro atoms. The van der Waals surface area contributed by atoms with Crippen molar-refractivity contribution in [2.24, 2.45) is 7.05 Å². The molecule has 0 aromatic carbocycles. The highest BCUT2D eigenvalue weighted by atomic mass is 35.5. The molecular formula is C15H18Cl2N4O3. The van der Waals surface area contributed by atoms with Crippen LogP contribution in [0.15, 0.2) is 6.07 Å². The van der Waals surface area contributed by atoms with Crippen molar-refractivity contribution in [3.8, 4) is 0 Å². The number of nitrogens with one attached hydrogen (secondary N) is 1. The maximum Gasteiger partial charge on any atom is 0.312 e. The van der Waals surface area contributed by atoms with Crippen LogP contribution < -0.4 is 5.32 Å². The molecule has 9 heteroatoms. The van der Waals surface area contributed by atoms with E-state index in [2.05, 4.69) is 5.32 Å². The third-order valence-corrected chi connectivity index (χ3v) is 5.14. The van der Waals surface area contributed by atoms with Gasteiger partial charge >= 0.3 is 11.8 Å². The van der Waals surface area contributed by atoms with Gasteiger partial charge in [-0.2, -0.15) is 0 Å². The molecule has 7 nitrogen and oxygen atoms in total. The van der Waals surface area contributed by atoms with Crippen molar-refractivity contribution in [2.45, 2.75) is 18.9 Å². The van der Waals surface area contributed by atoms with Gasteiger partial charge in [0.05, 0.1) is 5.02 Å². The fourth-order valence-corrected chi connectivity index (χ4v) is 3.02. The Morgan fingerprint density at radius 2 is 1.67 bits per heavy atom. The molecule has 130 valence electrons. The third kappa shape index (κ3) is 3.37. The molecule has 2 fully saturated rings. The van der Waals surface area contributed by atoms with E-state index >= 15 is 0 Å². The molecule has 2 aliphatic rings. The lowest BCUT2D eigenvalue weighted by Crippen LogP contribution is -2.54. The highest BCUT2D eigenvalue weighted by molar-refractivity contribution is 6.42. The summed E-state index contributed by atoms with van der Waals surface area (Å²) in [5.74, 6) is -1.28. The molecule has 1 aliphatic carbocycles. The van der Waals surface area contributed by atoms with Gasteiger partial charge in [-0.3, -0.25) is 14.4 Å². The van der Waals surface area contributed by atoms with Gasteiger partial charge in [-0.15, -0.1) is 0 Å². The van der Waals surface area contributed by atoms with Crippen molar-refractivity contribution in [3.05, 3.63) is 21.9 Å². The van der Waals surface area contributed by atoms with E-state index in [0.29, 0.717) is 42.0 Å². The lowest BCUT2D eigenvalue weighted by molar-refractivity contribution is -0.146. The molecule has 1 N–H and O–H groups in total. The van der Waals surface area contributed by atoms with Crippen LogP contribution in [-0.4, -0.2) is 64.3 Å². The minimum Gasteiger partial charge on any atom is -0.345 e. The number of hydrogen-bond acceptors (Lipinski definition) is 3. The number of carbonyl (C=O) groups is 3. The molecule has 3 amide bonds. The van der Waals surface area contributed by atoms with Gasteiger partial charge in [0.2, 0.25) is 0 Å². The van der Waals surface area contributed by atoms with Gasteiger partial charge in [0.1, 0.15) is 10.8 Å². The Morgan fingerprint density at radius 3 is 2.17 bits per heavy atom. The molecule has 24 heavy (non-hydrogen) atoms. The minimum absolute atomic E-state index is 0.149. The summed E-state index contributed by atoms with van der Waals surface area (Å²) in [6.07, 6.45) is 1.87. The van der Waals surface area contributed by atoms with Crippen molar-refractivity contribution in [2.75, 3.05) is 26.2 Å². The summed E-state index contributed by atoms with van der Waals surface area (Å²) in [5.41, 5.74) is 0.399. The highest BCUT2D eigenvalue weighted by Gasteiger charge is 2.32. The first-order chi connectivity index (χ1) is 11.4. The summed E-state index contributed by atoms with van der Waals surface area (Å²) in [6.45, 7) is 1.38. The quantitative estimate of drug-likeness (QED) is 0.783. The number of nitrogens with zero attached hydrogens (tertiary/aromatic N) is 3. The lowest BCUT2D eigenvalue weighted by atomic mass is 10.2. The molecule has 1 saturated heterocycles. The van der Waals surface area contributed by atoms with E-state index in [-0.39, 0.29) is 11.9 Å². The van der Waals surface area contributed by atoms with Gasteiger partial charge in [0.25, 0.3) is 5.91 Å². The van der Waals surface area contributed by atoms with Crippen LogP contribution in [-0.2, 0) is 16.6 Å². The standard InChI is InChI=1S/C15H18Cl2N4O3/c1-19-11(8-10(16)12(19)17)14(23)20-4-6-21(7-5-20)15(24)13(22)18-9-2-3-9/h8-9H,2-7H2,1H3,(H,18,22). The van der Waals surface area contributed by atoms with Crippen LogP contribution >= 0.6 is 23.2 Å². The first kappa shape index (κ1) is 17.1. The summed E-state index contributed by atoms with van der Waals surface area (Å²) in [7, 11) is 1.67. The molecule has 1 aromatic heterocycles. The van der Waals surface area contributed by atoms with Crippen molar-refractivity contribution in [1.82, 2.24) is 19.7 Å². The SMILES string of the molecule is Cn1c(C(=O)N2CCN(C(=O)C(=O)NC3CC3)CC2)cc(Cl)c1Cl. The average molecular weight is 373 g/mol. The van der Waals surface area contributed by atoms with E-state index < -0.39 is 11.8 Å². The Hall–Kier alpha value is -1.73. The van der Waals surface area contributed by atoms with Crippen LogP contribution in [0.5, 0.6) is 0 Å². The number of piperazine rings is 1. The van der Waals surface area contributed by atoms with Crippen LogP contribution in [0.2, 0.25) is 10.2 Å². The van der Waals surface area contributed by atoms with E-state index in [1.165, 1.54) is 15.5 Å². The smallest absolute Gasteiger partial charge is 0.312 e. The van der Waals surface area contributed by atoms with Crippen molar-refractivity contribution < 1.29 is 14.4 Å². The first-order valence-corrected chi connectivity index (χ1v) is 8.54. The zero-order chi connectivity index (χ0) is 17.4. The Bertz CT molecular complexity index is 691. The number of hydrogen-bond donors (Lipinski definition) is 1. The second-order valence-corrected chi connectivity index (χ2v) is 6.82. The normalized spacial score (nSPS) is 17.8. The monoisotopic (exact) mass is 372 g/mol. The molecule has 1 aliphatic heterocycles. The van der Waals surface area contributed by atoms with Crippen molar-refractivity contribution >= 4 is 40.9 Å². The Labute approximate surface area is 149 Å². The Morgan fingerprint density at radius 1 is 1.08 bits per heavy atom. The van der Waals surface area contributed by atoms with Gasteiger partial charge in [0.15, 0.2) is 0 Å². The van der Waals surface area contributed by atoms with Gasteiger partial charge in [-0.25, -0.2) is 0 Å². The van der Waals surface area contributed by atoms with Crippen molar-refractivity contribution in [1.29, 1.82) is 0 Å². The molecule has 1 aromatic rings. The molecule has 0 radical (unpaired) electrons. The fraction of sp³-hybridized carbons (Fsp3) is 0.533. The first-order valence-electron chi connectivity index (χ1n) is 7.78. The number of carbonyl (C=O) groups excluding carboxylic acids is 3. The number of rotatable bonds is 2. The predicted molar refractivity (Wildman–Crippen MR) is 89.1 cm³/mol. The van der Waals surface area contributed by atoms with Crippen LogP contribution in [0.1, 0.15) is 23.3 Å². The number of aromatic nitrogens is 1. The van der Waals surface area contributed by atoms with E-state index in [0.717, 1.165) is 12.8 Å². The van der Waals surface area contributed by atoms with E-state index in [4.69, 9.17) is 23.2 Å². The number of amides is 3. The van der Waals surface area contributed by atoms with Gasteiger partial charge in [0, 0.05) is 39.3 Å². The number of halogens is 2. The molecule has 3 rings (SSSR count). The van der Waals surface area contributed by atoms with E-state index in [1.807, 2.05) is 0 Å². The second kappa shape index (κ2) is 6.64. The van der Waals surface area contributed by atoms with Crippen LogP contribution in [0.3, 0.4) is 0 Å². The van der Waals surface area contributed by atoms with Gasteiger partial charge in [-0.1, -0.05) is 23.2 Å². The molecular weight excluding hydrogens is 355 g/mol. The molecule has 0 bridgehead atoms. The van der Waals surface area contributed by atoms with Crippen LogP contribution in [0, 0.1) is 0 Å². The second-order valence-electron chi connectivity index (χ2n) is 6.06. The average Bonchev–Trinajstić information content (AvgIpc) is 3.36. The summed E-state index contributed by atoms with van der Waals surface area (Å²) in [4.78, 5) is 39.5. The Balaban J connectivity index is 1.58. The fourth-order valence-electron chi connectivity index (χ4n) is 2.64. The lowest BCUT2D eigenvalue weighted by Gasteiger charge is -2.34. The predicted octanol–water partition coefficient (Wildman–Crippen LogP) is 0.895. The largest absolute Gasteiger partial charge is 0.345 e. The molecule has 0 unspecified atom stereocenters. The molecule has 0 atom stereocenters. The van der Waals surface area contributed by atoms with E-state index in [9.17, 15) is 14.4 Å². The van der Waals surface area contributed by atoms with Crippen LogP contribution in [0.4, 0.5) is 0 Å². The molecule has 1 saturated carbocycles. The van der Waals surface area contributed by atoms with Crippen molar-refractivity contribution in [3.63, 3.8) is 0 Å². The minimum atomic E-state index is -0.557. The maximum absolute atomic E-state index is 12.6. The summed E-state index contributed by atoms with van der Waals surface area (Å²) < 4.78 is 1.53. The molecule has 2 heterocycles. The summed E-state index contributed by atoms with van der Waals surface area (Å²) in [6, 6.07) is 1.68. The zero-order valence-corrected chi connectivity index (χ0v) is 14.7.